The van der Waals surface area contributed by atoms with E-state index < -0.39 is 0 Å². The summed E-state index contributed by atoms with van der Waals surface area (Å²) in [4.78, 5) is 14.4. The van der Waals surface area contributed by atoms with E-state index in [4.69, 9.17) is 0 Å². The van der Waals surface area contributed by atoms with Gasteiger partial charge in [-0.25, -0.2) is 4.79 Å². The van der Waals surface area contributed by atoms with Gasteiger partial charge in [0.05, 0.1) is 6.54 Å². The number of hydrogen-bond donors (Lipinski definition) is 2. The van der Waals surface area contributed by atoms with Crippen LogP contribution in [-0.4, -0.2) is 35.4 Å². The zero-order valence-electron chi connectivity index (χ0n) is 15.7. The fraction of sp³-hybridized carbons (Fsp3) is 0.238. The van der Waals surface area contributed by atoms with Crippen LogP contribution in [0.1, 0.15) is 12.5 Å². The fourth-order valence-corrected chi connectivity index (χ4v) is 2.80. The van der Waals surface area contributed by atoms with Gasteiger partial charge in [-0.3, -0.25) is 4.68 Å². The van der Waals surface area contributed by atoms with Crippen LogP contribution < -0.4 is 15.5 Å². The summed E-state index contributed by atoms with van der Waals surface area (Å²) in [7, 11) is 2.03. The molecule has 2 aromatic carbocycles. The van der Waals surface area contributed by atoms with Crippen LogP contribution in [-0.2, 0) is 6.54 Å². The first-order chi connectivity index (χ1) is 13.1. The van der Waals surface area contributed by atoms with Crippen LogP contribution in [0.2, 0.25) is 0 Å². The van der Waals surface area contributed by atoms with E-state index in [0.717, 1.165) is 16.9 Å². The number of urea groups is 1. The van der Waals surface area contributed by atoms with E-state index in [9.17, 15) is 4.79 Å². The number of anilines is 2. The largest absolute Gasteiger partial charge is 0.370 e. The third kappa shape index (κ3) is 5.34. The smallest absolute Gasteiger partial charge is 0.319 e. The fourth-order valence-electron chi connectivity index (χ4n) is 2.80. The highest BCUT2D eigenvalue weighted by atomic mass is 16.2. The van der Waals surface area contributed by atoms with Gasteiger partial charge in [0.25, 0.3) is 0 Å². The topological polar surface area (TPSA) is 62.2 Å². The van der Waals surface area contributed by atoms with Crippen LogP contribution in [0.5, 0.6) is 0 Å². The van der Waals surface area contributed by atoms with Crippen LogP contribution in [0.3, 0.4) is 0 Å². The number of para-hydroxylation sites is 1. The van der Waals surface area contributed by atoms with E-state index >= 15 is 0 Å². The lowest BCUT2D eigenvalue weighted by molar-refractivity contribution is 0.251. The number of rotatable bonds is 7. The van der Waals surface area contributed by atoms with Gasteiger partial charge in [0.2, 0.25) is 0 Å². The van der Waals surface area contributed by atoms with Crippen LogP contribution >= 0.6 is 0 Å². The highest BCUT2D eigenvalue weighted by molar-refractivity contribution is 5.89. The summed E-state index contributed by atoms with van der Waals surface area (Å²) >= 11 is 0. The van der Waals surface area contributed by atoms with Crippen molar-refractivity contribution in [2.24, 2.45) is 0 Å². The molecule has 1 heterocycles. The number of nitrogens with zero attached hydrogens (tertiary/aromatic N) is 3. The number of carbonyl (C=O) groups is 1. The molecule has 0 saturated carbocycles. The molecular formula is C21H25N5O. The zero-order valence-corrected chi connectivity index (χ0v) is 15.7. The summed E-state index contributed by atoms with van der Waals surface area (Å²) < 4.78 is 1.85. The molecule has 27 heavy (non-hydrogen) atoms. The van der Waals surface area contributed by atoms with E-state index in [1.807, 2.05) is 66.5 Å². The van der Waals surface area contributed by atoms with Gasteiger partial charge in [-0.2, -0.15) is 5.10 Å². The van der Waals surface area contributed by atoms with Crippen molar-refractivity contribution in [3.05, 3.63) is 78.6 Å². The van der Waals surface area contributed by atoms with Crippen LogP contribution in [0.15, 0.2) is 73.1 Å². The van der Waals surface area contributed by atoms with Crippen LogP contribution in [0.4, 0.5) is 16.2 Å². The number of likely N-dealkylation sites (N-methyl/N-ethyl adjacent to an activating group) is 1. The second-order valence-electron chi connectivity index (χ2n) is 6.53. The van der Waals surface area contributed by atoms with Crippen LogP contribution in [0, 0.1) is 0 Å². The van der Waals surface area contributed by atoms with Gasteiger partial charge in [-0.15, -0.1) is 0 Å². The Morgan fingerprint density at radius 2 is 1.96 bits per heavy atom. The number of carbonyl (C=O) groups excluding carboxylic acids is 1. The molecule has 0 saturated heterocycles. The van der Waals surface area contributed by atoms with Crippen molar-refractivity contribution in [2.75, 3.05) is 23.8 Å². The van der Waals surface area contributed by atoms with Crippen molar-refractivity contribution in [1.29, 1.82) is 0 Å². The highest BCUT2D eigenvalue weighted by Gasteiger charge is 2.11. The molecule has 1 aromatic heterocycles. The lowest BCUT2D eigenvalue weighted by Gasteiger charge is -2.27. The molecule has 1 atom stereocenters. The van der Waals surface area contributed by atoms with Gasteiger partial charge in [0.1, 0.15) is 0 Å². The Morgan fingerprint density at radius 1 is 1.15 bits per heavy atom. The van der Waals surface area contributed by atoms with E-state index in [2.05, 4.69) is 39.7 Å². The lowest BCUT2D eigenvalue weighted by Crippen LogP contribution is -2.41. The minimum absolute atomic E-state index is 0.171. The number of aromatic nitrogens is 2. The van der Waals surface area contributed by atoms with Crippen molar-refractivity contribution < 1.29 is 4.79 Å². The molecule has 2 amide bonds. The zero-order chi connectivity index (χ0) is 19.1. The van der Waals surface area contributed by atoms with E-state index in [1.165, 1.54) is 0 Å². The molecule has 0 aliphatic heterocycles. The second-order valence-corrected chi connectivity index (χ2v) is 6.53. The maximum atomic E-state index is 12.2. The molecule has 0 bridgehead atoms. The Kier molecular flexibility index (Phi) is 6.10. The predicted molar refractivity (Wildman–Crippen MR) is 109 cm³/mol. The molecule has 0 radical (unpaired) electrons. The van der Waals surface area contributed by atoms with Crippen molar-refractivity contribution in [3.63, 3.8) is 0 Å². The van der Waals surface area contributed by atoms with Crippen molar-refractivity contribution >= 4 is 17.4 Å². The van der Waals surface area contributed by atoms with E-state index in [1.54, 1.807) is 6.20 Å². The second kappa shape index (κ2) is 8.89. The summed E-state index contributed by atoms with van der Waals surface area (Å²) in [5.74, 6) is 0. The summed E-state index contributed by atoms with van der Waals surface area (Å²) in [6.45, 7) is 3.30. The number of amides is 2. The van der Waals surface area contributed by atoms with Crippen molar-refractivity contribution in [1.82, 2.24) is 15.1 Å². The first-order valence-corrected chi connectivity index (χ1v) is 9.01. The van der Waals surface area contributed by atoms with Crippen molar-refractivity contribution in [3.8, 4) is 0 Å². The summed E-state index contributed by atoms with van der Waals surface area (Å²) in [6, 6.07) is 19.8. The maximum absolute atomic E-state index is 12.2. The number of nitrogens with one attached hydrogen (secondary N) is 2. The summed E-state index contributed by atoms with van der Waals surface area (Å²) in [6.07, 6.45) is 3.67. The molecule has 140 valence electrons. The Labute approximate surface area is 159 Å². The third-order valence-corrected chi connectivity index (χ3v) is 4.47. The Hall–Kier alpha value is -3.28. The van der Waals surface area contributed by atoms with Gasteiger partial charge in [-0.05, 0) is 42.8 Å². The molecule has 3 rings (SSSR count). The SMILES string of the molecule is C[C@@H](CNC(=O)Nc1cccc(Cn2cccn2)c1)N(C)c1ccccc1. The third-order valence-electron chi connectivity index (χ3n) is 4.47. The van der Waals surface area contributed by atoms with E-state index in [-0.39, 0.29) is 12.1 Å². The number of benzene rings is 2. The van der Waals surface area contributed by atoms with Gasteiger partial charge in [0.15, 0.2) is 0 Å². The molecule has 6 heteroatoms. The van der Waals surface area contributed by atoms with Crippen LogP contribution in [0.25, 0.3) is 0 Å². The van der Waals surface area contributed by atoms with Crippen molar-refractivity contribution in [2.45, 2.75) is 19.5 Å². The molecule has 0 aliphatic carbocycles. The Balaban J connectivity index is 1.50. The quantitative estimate of drug-likeness (QED) is 0.674. The Morgan fingerprint density at radius 3 is 2.70 bits per heavy atom. The molecule has 0 unspecified atom stereocenters. The standard InChI is InChI=1S/C21H25N5O/c1-17(25(2)20-10-4-3-5-11-20)15-22-21(27)24-19-9-6-8-18(14-19)16-26-13-7-12-23-26/h3-14,17H,15-16H2,1-2H3,(H2,22,24,27)/t17-/m0/s1. The molecular weight excluding hydrogens is 338 g/mol. The molecule has 0 spiro atoms. The Bertz CT molecular complexity index is 848. The minimum Gasteiger partial charge on any atom is -0.370 e. The minimum atomic E-state index is -0.209. The van der Waals surface area contributed by atoms with Gasteiger partial charge >= 0.3 is 6.03 Å². The lowest BCUT2D eigenvalue weighted by atomic mass is 10.2. The average molecular weight is 363 g/mol. The normalized spacial score (nSPS) is 11.6. The molecule has 0 aliphatic rings. The van der Waals surface area contributed by atoms with Gasteiger partial charge < -0.3 is 15.5 Å². The van der Waals surface area contributed by atoms with E-state index in [0.29, 0.717) is 13.1 Å². The van der Waals surface area contributed by atoms with Gasteiger partial charge in [0, 0.05) is 43.4 Å². The highest BCUT2D eigenvalue weighted by Crippen LogP contribution is 2.14. The first kappa shape index (κ1) is 18.5. The molecule has 2 N–H and O–H groups in total. The monoisotopic (exact) mass is 363 g/mol. The summed E-state index contributed by atoms with van der Waals surface area (Å²) in [5.41, 5.74) is 2.97. The molecule has 0 fully saturated rings. The maximum Gasteiger partial charge on any atom is 0.319 e. The predicted octanol–water partition coefficient (Wildman–Crippen LogP) is 3.58. The first-order valence-electron chi connectivity index (χ1n) is 9.01. The number of hydrogen-bond acceptors (Lipinski definition) is 3. The van der Waals surface area contributed by atoms with Gasteiger partial charge in [-0.1, -0.05) is 30.3 Å². The molecule has 6 nitrogen and oxygen atoms in total. The average Bonchev–Trinajstić information content (AvgIpc) is 3.19. The molecule has 3 aromatic rings. The summed E-state index contributed by atoms with van der Waals surface area (Å²) in [5, 5.41) is 10.0.